The van der Waals surface area contributed by atoms with Crippen molar-refractivity contribution in [2.24, 2.45) is 5.92 Å². The SMILES string of the molecule is CC(=O)O[C@@H](C)/C=C\C(=O)N[C@@H]1C[C@H](C)[C@H](C/C=C(C)/C=C/[C@H]2O[C@H](CC(=O)CCCOCCOCCC(=O)Oc3c(F)c(F)c(F)c(F)c3F)C[C@@]3(CO3)[C@@H]2O)O[C@@H]1C. The van der Waals surface area contributed by atoms with Gasteiger partial charge in [-0.3, -0.25) is 19.2 Å². The quantitative estimate of drug-likeness (QED) is 0.0185. The Morgan fingerprint density at radius 3 is 2.22 bits per heavy atom. The van der Waals surface area contributed by atoms with E-state index in [9.17, 15) is 46.2 Å². The van der Waals surface area contributed by atoms with Crippen molar-refractivity contribution >= 4 is 23.6 Å². The lowest BCUT2D eigenvalue weighted by molar-refractivity contribution is -0.144. The molecule has 13 nitrogen and oxygen atoms in total. The summed E-state index contributed by atoms with van der Waals surface area (Å²) < 4.78 is 105. The van der Waals surface area contributed by atoms with Crippen LogP contribution in [0.25, 0.3) is 0 Å². The van der Waals surface area contributed by atoms with Crippen LogP contribution in [-0.2, 0) is 47.6 Å². The van der Waals surface area contributed by atoms with Gasteiger partial charge >= 0.3 is 11.9 Å². The van der Waals surface area contributed by atoms with E-state index in [1.807, 2.05) is 26.0 Å². The molecular weight excluding hydrogens is 805 g/mol. The van der Waals surface area contributed by atoms with Crippen LogP contribution in [0.5, 0.6) is 5.75 Å². The molecule has 4 rings (SSSR count). The van der Waals surface area contributed by atoms with Crippen LogP contribution in [0, 0.1) is 35.0 Å². The molecule has 3 heterocycles. The molecule has 0 unspecified atom stereocenters. The lowest BCUT2D eigenvalue weighted by atomic mass is 9.86. The van der Waals surface area contributed by atoms with Crippen molar-refractivity contribution in [3.05, 3.63) is 65.0 Å². The molecule has 3 saturated heterocycles. The zero-order valence-corrected chi connectivity index (χ0v) is 34.3. The summed E-state index contributed by atoms with van der Waals surface area (Å²) >= 11 is 0. The summed E-state index contributed by atoms with van der Waals surface area (Å²) in [5.74, 6) is -14.9. The maximum Gasteiger partial charge on any atom is 0.313 e. The van der Waals surface area contributed by atoms with Crippen LogP contribution in [-0.4, -0.2) is 110 Å². The third-order valence-electron chi connectivity index (χ3n) is 10.3. The molecule has 3 aliphatic rings. The average molecular weight is 860 g/mol. The lowest BCUT2D eigenvalue weighted by Crippen LogP contribution is -2.50. The maximum atomic E-state index is 13.7. The van der Waals surface area contributed by atoms with Gasteiger partial charge in [0.2, 0.25) is 40.7 Å². The Labute approximate surface area is 345 Å². The van der Waals surface area contributed by atoms with Crippen molar-refractivity contribution in [1.29, 1.82) is 0 Å². The minimum atomic E-state index is -2.37. The van der Waals surface area contributed by atoms with Crippen molar-refractivity contribution in [1.82, 2.24) is 5.32 Å². The van der Waals surface area contributed by atoms with Crippen LogP contribution in [0.3, 0.4) is 0 Å². The van der Waals surface area contributed by atoms with E-state index in [2.05, 4.69) is 17.0 Å². The number of amides is 1. The third kappa shape index (κ3) is 14.3. The number of hydrogen-bond donors (Lipinski definition) is 2. The number of allylic oxidation sites excluding steroid dienone is 2. The molecule has 1 amide bonds. The molecule has 0 saturated carbocycles. The molecule has 0 aromatic heterocycles. The molecule has 1 aromatic rings. The zero-order chi connectivity index (χ0) is 44.1. The van der Waals surface area contributed by atoms with Crippen LogP contribution < -0.4 is 10.1 Å². The minimum absolute atomic E-state index is 0.0163. The Morgan fingerprint density at radius 1 is 0.917 bits per heavy atom. The molecular formula is C42H54F5NO12. The van der Waals surface area contributed by atoms with Crippen LogP contribution in [0.15, 0.2) is 36.0 Å². The molecule has 0 aliphatic carbocycles. The Kier molecular flexibility index (Phi) is 18.4. The van der Waals surface area contributed by atoms with Gasteiger partial charge in [-0.25, -0.2) is 13.2 Å². The summed E-state index contributed by atoms with van der Waals surface area (Å²) in [4.78, 5) is 48.2. The zero-order valence-electron chi connectivity index (χ0n) is 34.3. The number of carbonyl (C=O) groups excluding carboxylic acids is 4. The average Bonchev–Trinajstić information content (AvgIpc) is 3.97. The van der Waals surface area contributed by atoms with Crippen LogP contribution >= 0.6 is 0 Å². The first-order chi connectivity index (χ1) is 28.4. The topological polar surface area (TPSA) is 168 Å². The molecule has 334 valence electrons. The van der Waals surface area contributed by atoms with E-state index in [0.29, 0.717) is 25.9 Å². The Hall–Kier alpha value is -4.07. The fourth-order valence-electron chi connectivity index (χ4n) is 6.93. The number of aliphatic hydroxyl groups excluding tert-OH is 1. The van der Waals surface area contributed by atoms with Crippen molar-refractivity contribution in [3.63, 3.8) is 0 Å². The van der Waals surface area contributed by atoms with Gasteiger partial charge < -0.3 is 43.6 Å². The van der Waals surface area contributed by atoms with Gasteiger partial charge in [0.15, 0.2) is 0 Å². The number of esters is 2. The van der Waals surface area contributed by atoms with Crippen LogP contribution in [0.4, 0.5) is 22.0 Å². The number of ketones is 1. The van der Waals surface area contributed by atoms with E-state index >= 15 is 0 Å². The van der Waals surface area contributed by atoms with Crippen molar-refractivity contribution < 1.29 is 79.4 Å². The summed E-state index contributed by atoms with van der Waals surface area (Å²) in [5.41, 5.74) is 0.169. The van der Waals surface area contributed by atoms with E-state index < -0.39 is 83.2 Å². The number of aliphatic hydroxyl groups is 1. The first-order valence-electron chi connectivity index (χ1n) is 19.9. The number of halogens is 5. The van der Waals surface area contributed by atoms with Gasteiger partial charge in [0, 0.05) is 38.9 Å². The number of benzene rings is 1. The molecule has 60 heavy (non-hydrogen) atoms. The smallest absolute Gasteiger partial charge is 0.313 e. The van der Waals surface area contributed by atoms with Crippen molar-refractivity contribution in [2.75, 3.05) is 33.0 Å². The molecule has 0 bridgehead atoms. The van der Waals surface area contributed by atoms with Crippen LogP contribution in [0.1, 0.15) is 79.6 Å². The highest BCUT2D eigenvalue weighted by Gasteiger charge is 2.58. The number of Topliss-reactive ketones (excluding diaryl/α,β-unsaturated/α-hetero) is 1. The number of nitrogens with one attached hydrogen (secondary N) is 1. The van der Waals surface area contributed by atoms with E-state index in [-0.39, 0.29) is 75.1 Å². The maximum absolute atomic E-state index is 13.7. The van der Waals surface area contributed by atoms with Gasteiger partial charge in [0.1, 0.15) is 29.7 Å². The van der Waals surface area contributed by atoms with Gasteiger partial charge in [-0.05, 0) is 52.0 Å². The van der Waals surface area contributed by atoms with Crippen molar-refractivity contribution in [2.45, 2.75) is 128 Å². The van der Waals surface area contributed by atoms with E-state index in [1.165, 1.54) is 19.1 Å². The molecule has 18 heteroatoms. The highest BCUT2D eigenvalue weighted by Crippen LogP contribution is 2.43. The fourth-order valence-corrected chi connectivity index (χ4v) is 6.93. The second-order valence-electron chi connectivity index (χ2n) is 15.3. The lowest BCUT2D eigenvalue weighted by Gasteiger charge is -2.39. The number of ether oxygens (including phenoxy) is 7. The van der Waals surface area contributed by atoms with Gasteiger partial charge in [0.25, 0.3) is 0 Å². The molecule has 2 N–H and O–H groups in total. The summed E-state index contributed by atoms with van der Waals surface area (Å²) in [7, 11) is 0. The number of rotatable bonds is 21. The molecule has 1 aromatic carbocycles. The number of hydrogen-bond acceptors (Lipinski definition) is 12. The highest BCUT2D eigenvalue weighted by atomic mass is 19.2. The van der Waals surface area contributed by atoms with Gasteiger partial charge in [-0.2, -0.15) is 8.78 Å². The van der Waals surface area contributed by atoms with E-state index in [1.54, 1.807) is 13.0 Å². The fraction of sp³-hybridized carbons (Fsp3) is 0.619. The summed E-state index contributed by atoms with van der Waals surface area (Å²) in [6, 6.07) is -0.182. The van der Waals surface area contributed by atoms with Gasteiger partial charge in [-0.1, -0.05) is 30.7 Å². The predicted octanol–water partition coefficient (Wildman–Crippen LogP) is 5.44. The molecule has 0 radical (unpaired) electrons. The Bertz CT molecular complexity index is 1740. The standard InChI is InChI=1S/C42H54F5NO12/c1-23(8-11-31-24(2)19-30(26(4)58-31)48-33(51)13-10-25(3)57-27(5)49)9-12-32-41(53)42(22-56-42)21-29(59-32)20-28(50)7-6-15-54-17-18-55-16-14-34(52)60-40-38(46)36(44)35(43)37(45)39(40)47/h8-10,12-13,24-26,29-32,41,53H,6-7,11,14-22H2,1-5H3,(H,48,51)/b12-9+,13-10-,23-8+/t24-,25-,26+,29+,30+,31-,32+,41+,42+/m0/s1. The summed E-state index contributed by atoms with van der Waals surface area (Å²) in [6.45, 7) is 9.32. The normalized spacial score (nSPS) is 27.3. The molecule has 1 spiro atoms. The Balaban J connectivity index is 1.12. The monoisotopic (exact) mass is 859 g/mol. The second-order valence-corrected chi connectivity index (χ2v) is 15.3. The number of carbonyl (C=O) groups is 4. The summed E-state index contributed by atoms with van der Waals surface area (Å²) in [5, 5.41) is 14.0. The summed E-state index contributed by atoms with van der Waals surface area (Å²) in [6.07, 6.45) is 7.64. The largest absolute Gasteiger partial charge is 0.459 e. The van der Waals surface area contributed by atoms with Crippen molar-refractivity contribution in [3.8, 4) is 5.75 Å². The number of epoxide rings is 1. The van der Waals surface area contributed by atoms with Gasteiger partial charge in [0.05, 0.1) is 57.2 Å². The molecule has 9 atom stereocenters. The highest BCUT2D eigenvalue weighted by molar-refractivity contribution is 5.87. The first-order valence-corrected chi connectivity index (χ1v) is 19.9. The second kappa shape index (κ2) is 22.7. The predicted molar refractivity (Wildman–Crippen MR) is 203 cm³/mol. The van der Waals surface area contributed by atoms with Gasteiger partial charge in [-0.15, -0.1) is 0 Å². The third-order valence-corrected chi connectivity index (χ3v) is 10.3. The minimum Gasteiger partial charge on any atom is -0.459 e. The van der Waals surface area contributed by atoms with E-state index in [4.69, 9.17) is 28.4 Å². The first kappa shape index (κ1) is 48.6. The molecule has 3 aliphatic heterocycles. The Morgan fingerprint density at radius 2 is 1.57 bits per heavy atom. The van der Waals surface area contributed by atoms with E-state index in [0.717, 1.165) is 12.0 Å². The van der Waals surface area contributed by atoms with Crippen LogP contribution in [0.2, 0.25) is 0 Å². The molecule has 3 fully saturated rings.